The maximum Gasteiger partial charge on any atom is 0.175 e. The molecule has 0 bridgehead atoms. The zero-order valence-electron chi connectivity index (χ0n) is 10.7. The zero-order chi connectivity index (χ0) is 13.6. The smallest absolute Gasteiger partial charge is 0.175 e. The summed E-state index contributed by atoms with van der Waals surface area (Å²) in [6, 6.07) is 3.05. The van der Waals surface area contributed by atoms with Crippen LogP contribution in [0.25, 0.3) is 0 Å². The van der Waals surface area contributed by atoms with Crippen molar-refractivity contribution in [3.63, 3.8) is 0 Å². The molecule has 0 spiro atoms. The number of aryl methyl sites for hydroxylation is 1. The van der Waals surface area contributed by atoms with Crippen molar-refractivity contribution in [2.24, 2.45) is 5.73 Å². The monoisotopic (exact) mass is 269 g/mol. The van der Waals surface area contributed by atoms with E-state index in [1.807, 2.05) is 0 Å². The quantitative estimate of drug-likeness (QED) is 0.858. The Balaban J connectivity index is 2.69. The van der Waals surface area contributed by atoms with Crippen molar-refractivity contribution in [3.05, 3.63) is 23.3 Å². The lowest BCUT2D eigenvalue weighted by molar-refractivity contribution is 0.436. The van der Waals surface area contributed by atoms with E-state index in [-0.39, 0.29) is 10.6 Å². The van der Waals surface area contributed by atoms with Gasteiger partial charge < -0.3 is 10.8 Å². The van der Waals surface area contributed by atoms with Crippen LogP contribution < -0.4 is 5.73 Å². The molecule has 1 aliphatic rings. The topological polar surface area (TPSA) is 80.4 Å². The second-order valence-corrected chi connectivity index (χ2v) is 7.25. The van der Waals surface area contributed by atoms with Crippen molar-refractivity contribution in [3.8, 4) is 5.75 Å². The molecule has 1 saturated carbocycles. The predicted molar refractivity (Wildman–Crippen MR) is 70.3 cm³/mol. The first-order valence-corrected chi connectivity index (χ1v) is 7.96. The fourth-order valence-electron chi connectivity index (χ4n) is 2.64. The molecule has 0 aliphatic heterocycles. The molecule has 1 fully saturated rings. The van der Waals surface area contributed by atoms with Gasteiger partial charge in [0.15, 0.2) is 9.84 Å². The van der Waals surface area contributed by atoms with Crippen LogP contribution in [0.15, 0.2) is 17.0 Å². The van der Waals surface area contributed by atoms with Gasteiger partial charge in [-0.25, -0.2) is 8.42 Å². The number of benzene rings is 1. The lowest BCUT2D eigenvalue weighted by Gasteiger charge is -2.27. The Kier molecular flexibility index (Phi) is 3.15. The zero-order valence-corrected chi connectivity index (χ0v) is 11.5. The summed E-state index contributed by atoms with van der Waals surface area (Å²) in [4.78, 5) is 0.252. The van der Waals surface area contributed by atoms with Crippen LogP contribution in [0.1, 0.15) is 36.8 Å². The van der Waals surface area contributed by atoms with Crippen LogP contribution in [0, 0.1) is 6.92 Å². The van der Waals surface area contributed by atoms with E-state index in [1.54, 1.807) is 6.92 Å². The third-order valence-electron chi connectivity index (χ3n) is 3.73. The lowest BCUT2D eigenvalue weighted by Crippen LogP contribution is -2.34. The van der Waals surface area contributed by atoms with Gasteiger partial charge in [0.05, 0.1) is 4.90 Å². The molecule has 5 heteroatoms. The van der Waals surface area contributed by atoms with Crippen LogP contribution in [0.4, 0.5) is 0 Å². The van der Waals surface area contributed by atoms with Crippen molar-refractivity contribution in [1.82, 2.24) is 0 Å². The number of hydrogen-bond donors (Lipinski definition) is 2. The van der Waals surface area contributed by atoms with Crippen LogP contribution in [-0.2, 0) is 15.4 Å². The van der Waals surface area contributed by atoms with Crippen LogP contribution in [0.3, 0.4) is 0 Å². The molecular formula is C13H19NO3S. The van der Waals surface area contributed by atoms with E-state index in [2.05, 4.69) is 0 Å². The fourth-order valence-corrected chi connectivity index (χ4v) is 3.69. The number of phenolic OH excluding ortho intramolecular Hbond substituents is 1. The summed E-state index contributed by atoms with van der Waals surface area (Å²) < 4.78 is 23.8. The summed E-state index contributed by atoms with van der Waals surface area (Å²) in [7, 11) is -3.34. The fraction of sp³-hybridized carbons (Fsp3) is 0.538. The minimum Gasteiger partial charge on any atom is -0.508 e. The van der Waals surface area contributed by atoms with Gasteiger partial charge in [0.2, 0.25) is 0 Å². The highest BCUT2D eigenvalue weighted by molar-refractivity contribution is 7.90. The minimum absolute atomic E-state index is 0.106. The molecule has 3 N–H and O–H groups in total. The van der Waals surface area contributed by atoms with Crippen LogP contribution >= 0.6 is 0 Å². The Morgan fingerprint density at radius 2 is 1.83 bits per heavy atom. The summed E-state index contributed by atoms with van der Waals surface area (Å²) in [6.07, 6.45) is 4.69. The van der Waals surface area contributed by atoms with Gasteiger partial charge in [0, 0.05) is 11.8 Å². The number of hydrogen-bond acceptors (Lipinski definition) is 4. The van der Waals surface area contributed by atoms with E-state index in [9.17, 15) is 13.5 Å². The van der Waals surface area contributed by atoms with Crippen LogP contribution in [0.5, 0.6) is 5.75 Å². The SMILES string of the molecule is Cc1cc(S(C)(=O)=O)c(C2(N)CCCC2)cc1O. The Morgan fingerprint density at radius 1 is 1.28 bits per heavy atom. The molecular weight excluding hydrogens is 250 g/mol. The van der Waals surface area contributed by atoms with E-state index >= 15 is 0 Å². The third-order valence-corrected chi connectivity index (χ3v) is 4.87. The maximum atomic E-state index is 11.9. The van der Waals surface area contributed by atoms with Gasteiger partial charge in [-0.1, -0.05) is 12.8 Å². The molecule has 0 amide bonds. The molecule has 100 valence electrons. The Labute approximate surface area is 108 Å². The van der Waals surface area contributed by atoms with Gasteiger partial charge >= 0.3 is 0 Å². The van der Waals surface area contributed by atoms with E-state index in [4.69, 9.17) is 5.73 Å². The number of rotatable bonds is 2. The largest absolute Gasteiger partial charge is 0.508 e. The lowest BCUT2D eigenvalue weighted by atomic mass is 9.88. The van der Waals surface area contributed by atoms with E-state index in [0.717, 1.165) is 25.7 Å². The first-order valence-electron chi connectivity index (χ1n) is 6.07. The summed E-state index contributed by atoms with van der Waals surface area (Å²) in [5.41, 5.74) is 6.82. The summed E-state index contributed by atoms with van der Waals surface area (Å²) in [6.45, 7) is 1.69. The standard InChI is InChI=1S/C13H19NO3S/c1-9-7-12(18(2,16)17)10(8-11(9)15)13(14)5-3-4-6-13/h7-8,15H,3-6,14H2,1-2H3. The highest BCUT2D eigenvalue weighted by Gasteiger charge is 2.35. The predicted octanol–water partition coefficient (Wildman–Crippen LogP) is 1.83. The van der Waals surface area contributed by atoms with Crippen LogP contribution in [0.2, 0.25) is 0 Å². The second kappa shape index (κ2) is 4.24. The molecule has 4 nitrogen and oxygen atoms in total. The number of aromatic hydroxyl groups is 1. The van der Waals surface area contributed by atoms with Gasteiger partial charge in [0.1, 0.15) is 5.75 Å². The normalized spacial score (nSPS) is 19.1. The van der Waals surface area contributed by atoms with Gasteiger partial charge in [-0.15, -0.1) is 0 Å². The Hall–Kier alpha value is -1.07. The second-order valence-electron chi connectivity index (χ2n) is 5.27. The summed E-state index contributed by atoms with van der Waals surface area (Å²) in [5, 5.41) is 9.81. The molecule has 0 saturated heterocycles. The van der Waals surface area contributed by atoms with Gasteiger partial charge in [-0.2, -0.15) is 0 Å². The maximum absolute atomic E-state index is 11.9. The molecule has 18 heavy (non-hydrogen) atoms. The highest BCUT2D eigenvalue weighted by Crippen LogP contribution is 2.41. The van der Waals surface area contributed by atoms with Gasteiger partial charge in [-0.3, -0.25) is 0 Å². The molecule has 0 aromatic heterocycles. The highest BCUT2D eigenvalue weighted by atomic mass is 32.2. The molecule has 0 heterocycles. The summed E-state index contributed by atoms with van der Waals surface area (Å²) >= 11 is 0. The average Bonchev–Trinajstić information content (AvgIpc) is 2.68. The van der Waals surface area contributed by atoms with Crippen molar-refractivity contribution < 1.29 is 13.5 Å². The first-order chi connectivity index (χ1) is 8.24. The van der Waals surface area contributed by atoms with Crippen molar-refractivity contribution in [2.45, 2.75) is 43.0 Å². The molecule has 0 radical (unpaired) electrons. The van der Waals surface area contributed by atoms with E-state index in [1.165, 1.54) is 18.4 Å². The number of sulfone groups is 1. The van der Waals surface area contributed by atoms with Gasteiger partial charge in [-0.05, 0) is 43.0 Å². The van der Waals surface area contributed by atoms with Crippen molar-refractivity contribution >= 4 is 9.84 Å². The molecule has 1 aromatic rings. The Bertz CT molecular complexity index is 572. The average molecular weight is 269 g/mol. The number of phenols is 1. The Morgan fingerprint density at radius 3 is 2.33 bits per heavy atom. The molecule has 1 aliphatic carbocycles. The van der Waals surface area contributed by atoms with Gasteiger partial charge in [0.25, 0.3) is 0 Å². The summed E-state index contributed by atoms with van der Waals surface area (Å²) in [5.74, 6) is 0.106. The van der Waals surface area contributed by atoms with Crippen molar-refractivity contribution in [1.29, 1.82) is 0 Å². The van der Waals surface area contributed by atoms with E-state index in [0.29, 0.717) is 11.1 Å². The molecule has 2 rings (SSSR count). The first kappa shape index (κ1) is 13.4. The third kappa shape index (κ3) is 2.24. The molecule has 0 atom stereocenters. The number of nitrogens with two attached hydrogens (primary N) is 1. The molecule has 0 unspecified atom stereocenters. The van der Waals surface area contributed by atoms with Crippen molar-refractivity contribution in [2.75, 3.05) is 6.26 Å². The molecule has 1 aromatic carbocycles. The minimum atomic E-state index is -3.34. The van der Waals surface area contributed by atoms with E-state index < -0.39 is 15.4 Å². The van der Waals surface area contributed by atoms with Crippen LogP contribution in [-0.4, -0.2) is 19.8 Å².